The van der Waals surface area contributed by atoms with Crippen LogP contribution in [0.15, 0.2) is 17.8 Å². The molecule has 0 aromatic carbocycles. The molecule has 2 aromatic rings. The molecule has 2 rings (SSSR count). The minimum atomic E-state index is -0.226. The number of hydrogen-bond acceptors (Lipinski definition) is 5. The van der Waals surface area contributed by atoms with Gasteiger partial charge in [0.05, 0.1) is 6.54 Å². The summed E-state index contributed by atoms with van der Waals surface area (Å²) < 4.78 is 1.74. The first kappa shape index (κ1) is 13.3. The van der Waals surface area contributed by atoms with Crippen molar-refractivity contribution in [3.8, 4) is 11.8 Å². The van der Waals surface area contributed by atoms with Crippen LogP contribution in [0.25, 0.3) is 0 Å². The highest BCUT2D eigenvalue weighted by molar-refractivity contribution is 7.12. The van der Waals surface area contributed by atoms with Crippen LogP contribution in [0, 0.1) is 11.8 Å². The molecule has 0 bridgehead atoms. The van der Waals surface area contributed by atoms with Crippen molar-refractivity contribution < 1.29 is 9.90 Å². The summed E-state index contributed by atoms with van der Waals surface area (Å²) in [6.07, 6.45) is 1.57. The summed E-state index contributed by atoms with van der Waals surface area (Å²) in [5.41, 5.74) is 0.620. The zero-order valence-electron chi connectivity index (χ0n) is 10.3. The van der Waals surface area contributed by atoms with Crippen LogP contribution in [-0.4, -0.2) is 32.4 Å². The zero-order chi connectivity index (χ0) is 13.7. The van der Waals surface area contributed by atoms with Gasteiger partial charge < -0.3 is 15.0 Å². The molecule has 0 atom stereocenters. The number of thiophene rings is 1. The fraction of sp³-hybridized carbons (Fsp3) is 0.250. The summed E-state index contributed by atoms with van der Waals surface area (Å²) in [6, 6.07) is 1.75. The van der Waals surface area contributed by atoms with E-state index in [2.05, 4.69) is 27.4 Å². The lowest BCUT2D eigenvalue weighted by molar-refractivity contribution is 0.0953. The van der Waals surface area contributed by atoms with E-state index in [0.29, 0.717) is 22.8 Å². The molecular weight excluding hydrogens is 264 g/mol. The van der Waals surface area contributed by atoms with Gasteiger partial charge in [-0.05, 0) is 11.4 Å². The van der Waals surface area contributed by atoms with E-state index in [9.17, 15) is 4.79 Å². The number of aromatic nitrogens is 3. The van der Waals surface area contributed by atoms with Gasteiger partial charge >= 0.3 is 0 Å². The Labute approximate surface area is 114 Å². The van der Waals surface area contributed by atoms with Gasteiger partial charge in [-0.15, -0.1) is 21.5 Å². The van der Waals surface area contributed by atoms with Crippen LogP contribution < -0.4 is 5.32 Å². The molecule has 0 aliphatic heterocycles. The molecule has 0 radical (unpaired) electrons. The monoisotopic (exact) mass is 276 g/mol. The molecule has 2 heterocycles. The molecular formula is C12H12N4O2S. The van der Waals surface area contributed by atoms with Gasteiger partial charge in [0, 0.05) is 12.6 Å². The highest BCUT2D eigenvalue weighted by Gasteiger charge is 2.12. The van der Waals surface area contributed by atoms with Crippen molar-refractivity contribution >= 4 is 17.2 Å². The Balaban J connectivity index is 2.04. The molecule has 6 nitrogen and oxygen atoms in total. The lowest BCUT2D eigenvalue weighted by atomic mass is 10.2. The Morgan fingerprint density at radius 1 is 1.63 bits per heavy atom. The number of hydrogen-bond donors (Lipinski definition) is 2. The maximum atomic E-state index is 12.0. The third-order valence-corrected chi connectivity index (χ3v) is 3.30. The number of nitrogens with one attached hydrogen (secondary N) is 1. The molecule has 0 saturated carbocycles. The lowest BCUT2D eigenvalue weighted by Gasteiger charge is -2.03. The number of aryl methyl sites for hydroxylation is 1. The highest BCUT2D eigenvalue weighted by atomic mass is 32.1. The first-order valence-electron chi connectivity index (χ1n) is 5.50. The zero-order valence-corrected chi connectivity index (χ0v) is 11.1. The fourth-order valence-corrected chi connectivity index (χ4v) is 2.19. The van der Waals surface area contributed by atoms with Crippen molar-refractivity contribution in [2.45, 2.75) is 6.54 Å². The van der Waals surface area contributed by atoms with Gasteiger partial charge in [0.15, 0.2) is 5.82 Å². The van der Waals surface area contributed by atoms with E-state index in [1.165, 1.54) is 11.3 Å². The number of aliphatic hydroxyl groups is 1. The maximum absolute atomic E-state index is 12.0. The second-order valence-corrected chi connectivity index (χ2v) is 4.58. The smallest absolute Gasteiger partial charge is 0.263 e. The van der Waals surface area contributed by atoms with Crippen LogP contribution >= 0.6 is 11.3 Å². The molecule has 19 heavy (non-hydrogen) atoms. The third kappa shape index (κ3) is 3.19. The van der Waals surface area contributed by atoms with Gasteiger partial charge in [0.25, 0.3) is 5.91 Å². The second kappa shape index (κ2) is 6.13. The third-order valence-electron chi connectivity index (χ3n) is 2.39. The Kier molecular flexibility index (Phi) is 4.28. The minimum absolute atomic E-state index is 0.208. The number of nitrogens with zero attached hydrogens (tertiary/aromatic N) is 3. The van der Waals surface area contributed by atoms with Gasteiger partial charge in [0.1, 0.15) is 17.8 Å². The predicted octanol–water partition coefficient (Wildman–Crippen LogP) is 0.150. The molecule has 0 unspecified atom stereocenters. The van der Waals surface area contributed by atoms with Crippen molar-refractivity contribution in [3.05, 3.63) is 34.0 Å². The van der Waals surface area contributed by atoms with E-state index in [4.69, 9.17) is 5.11 Å². The van der Waals surface area contributed by atoms with E-state index < -0.39 is 0 Å². The Morgan fingerprint density at radius 3 is 3.16 bits per heavy atom. The van der Waals surface area contributed by atoms with Crippen LogP contribution in [0.2, 0.25) is 0 Å². The largest absolute Gasteiger partial charge is 0.384 e. The van der Waals surface area contributed by atoms with E-state index in [1.54, 1.807) is 22.3 Å². The molecule has 2 N–H and O–H groups in total. The van der Waals surface area contributed by atoms with Crippen LogP contribution in [0.5, 0.6) is 0 Å². The molecule has 0 spiro atoms. The fourth-order valence-electron chi connectivity index (χ4n) is 1.43. The molecule has 98 valence electrons. The van der Waals surface area contributed by atoms with E-state index in [0.717, 1.165) is 0 Å². The van der Waals surface area contributed by atoms with Crippen molar-refractivity contribution in [2.75, 3.05) is 6.61 Å². The van der Waals surface area contributed by atoms with Gasteiger partial charge in [-0.2, -0.15) is 0 Å². The number of carbonyl (C=O) groups excluding carboxylic acids is 1. The summed E-state index contributed by atoms with van der Waals surface area (Å²) >= 11 is 1.31. The van der Waals surface area contributed by atoms with E-state index >= 15 is 0 Å². The van der Waals surface area contributed by atoms with Crippen molar-refractivity contribution in [1.82, 2.24) is 20.1 Å². The standard InChI is InChI=1S/C12H12N4O2S/c1-16-8-14-15-10(16)7-13-12(18)11-9(3-2-5-17)4-6-19-11/h4,6,8,17H,5,7H2,1H3,(H,13,18). The van der Waals surface area contributed by atoms with Gasteiger partial charge in [-0.25, -0.2) is 0 Å². The highest BCUT2D eigenvalue weighted by Crippen LogP contribution is 2.15. The Hall–Kier alpha value is -2.17. The quantitative estimate of drug-likeness (QED) is 0.782. The lowest BCUT2D eigenvalue weighted by Crippen LogP contribution is -2.24. The van der Waals surface area contributed by atoms with Gasteiger partial charge in [0.2, 0.25) is 0 Å². The first-order valence-corrected chi connectivity index (χ1v) is 6.38. The Morgan fingerprint density at radius 2 is 2.47 bits per heavy atom. The molecule has 1 amide bonds. The van der Waals surface area contributed by atoms with Crippen LogP contribution in [-0.2, 0) is 13.6 Å². The average Bonchev–Trinajstić information content (AvgIpc) is 3.02. The van der Waals surface area contributed by atoms with Crippen LogP contribution in [0.1, 0.15) is 21.1 Å². The van der Waals surface area contributed by atoms with E-state index in [-0.39, 0.29) is 12.5 Å². The summed E-state index contributed by atoms with van der Waals surface area (Å²) in [5.74, 6) is 5.74. The SMILES string of the molecule is Cn1cnnc1CNC(=O)c1sccc1C#CCO. The summed E-state index contributed by atoms with van der Waals surface area (Å²) in [6.45, 7) is 0.0793. The van der Waals surface area contributed by atoms with Crippen molar-refractivity contribution in [3.63, 3.8) is 0 Å². The molecule has 0 saturated heterocycles. The molecule has 0 aliphatic carbocycles. The first-order chi connectivity index (χ1) is 9.22. The van der Waals surface area contributed by atoms with Crippen LogP contribution in [0.3, 0.4) is 0 Å². The minimum Gasteiger partial charge on any atom is -0.384 e. The average molecular weight is 276 g/mol. The summed E-state index contributed by atoms with van der Waals surface area (Å²) in [4.78, 5) is 12.5. The van der Waals surface area contributed by atoms with Gasteiger partial charge in [-0.1, -0.05) is 11.8 Å². The topological polar surface area (TPSA) is 80.0 Å². The molecule has 0 fully saturated rings. The van der Waals surface area contributed by atoms with E-state index in [1.807, 2.05) is 7.05 Å². The maximum Gasteiger partial charge on any atom is 0.263 e. The molecule has 0 aliphatic rings. The van der Waals surface area contributed by atoms with Crippen LogP contribution in [0.4, 0.5) is 0 Å². The normalized spacial score (nSPS) is 9.79. The number of carbonyl (C=O) groups is 1. The predicted molar refractivity (Wildman–Crippen MR) is 70.5 cm³/mol. The van der Waals surface area contributed by atoms with Crippen molar-refractivity contribution in [2.24, 2.45) is 7.05 Å². The Bertz CT molecular complexity index is 635. The molecule has 2 aromatic heterocycles. The summed E-state index contributed by atoms with van der Waals surface area (Å²) in [5, 5.41) is 20.8. The molecule has 7 heteroatoms. The van der Waals surface area contributed by atoms with Crippen molar-refractivity contribution in [1.29, 1.82) is 0 Å². The number of amides is 1. The number of aliphatic hydroxyl groups excluding tert-OH is 1. The second-order valence-electron chi connectivity index (χ2n) is 3.66. The summed E-state index contributed by atoms with van der Waals surface area (Å²) in [7, 11) is 1.81. The number of rotatable bonds is 3. The van der Waals surface area contributed by atoms with Gasteiger partial charge in [-0.3, -0.25) is 4.79 Å².